The van der Waals surface area contributed by atoms with Gasteiger partial charge in [0.2, 0.25) is 0 Å². The maximum atomic E-state index is 6.00. The molecule has 0 saturated carbocycles. The van der Waals surface area contributed by atoms with Crippen molar-refractivity contribution in [2.75, 3.05) is 20.2 Å². The van der Waals surface area contributed by atoms with Gasteiger partial charge in [-0.1, -0.05) is 12.1 Å². The van der Waals surface area contributed by atoms with Crippen molar-refractivity contribution in [3.8, 4) is 5.75 Å². The van der Waals surface area contributed by atoms with Gasteiger partial charge in [0, 0.05) is 19.1 Å². The molecule has 0 aliphatic rings. The summed E-state index contributed by atoms with van der Waals surface area (Å²) in [6.07, 6.45) is 0. The van der Waals surface area contributed by atoms with Crippen molar-refractivity contribution in [2.45, 2.75) is 19.5 Å². The molecule has 114 valence electrons. The molecule has 0 aliphatic heterocycles. The minimum Gasteiger partial charge on any atom is -0.494 e. The molecule has 0 aliphatic carbocycles. The molecule has 5 heteroatoms. The first kappa shape index (κ1) is 16.5. The first-order valence-electron chi connectivity index (χ1n) is 7.00. The highest BCUT2D eigenvalue weighted by molar-refractivity contribution is 9.11. The highest BCUT2D eigenvalue weighted by Crippen LogP contribution is 2.26. The Morgan fingerprint density at radius 2 is 2.19 bits per heavy atom. The van der Waals surface area contributed by atoms with Crippen LogP contribution in [0, 0.1) is 0 Å². The lowest BCUT2D eigenvalue weighted by atomic mass is 10.0. The Labute approximate surface area is 138 Å². The number of nitrogens with zero attached hydrogens (tertiary/aromatic N) is 1. The van der Waals surface area contributed by atoms with Gasteiger partial charge >= 0.3 is 0 Å². The lowest BCUT2D eigenvalue weighted by Crippen LogP contribution is -2.30. The molecule has 3 nitrogen and oxygen atoms in total. The van der Waals surface area contributed by atoms with Crippen molar-refractivity contribution < 1.29 is 4.74 Å². The van der Waals surface area contributed by atoms with E-state index in [4.69, 9.17) is 10.5 Å². The van der Waals surface area contributed by atoms with E-state index in [0.717, 1.165) is 16.1 Å². The molecule has 2 N–H and O–H groups in total. The van der Waals surface area contributed by atoms with Gasteiger partial charge in [-0.3, -0.25) is 4.90 Å². The van der Waals surface area contributed by atoms with E-state index in [0.29, 0.717) is 13.2 Å². The molecular formula is C16H21BrN2OS. The maximum Gasteiger partial charge on any atom is 0.119 e. The van der Waals surface area contributed by atoms with Gasteiger partial charge < -0.3 is 10.5 Å². The van der Waals surface area contributed by atoms with E-state index in [1.165, 1.54) is 11.1 Å². The van der Waals surface area contributed by atoms with Crippen LogP contribution in [0.4, 0.5) is 0 Å². The third kappa shape index (κ3) is 4.54. The molecule has 21 heavy (non-hydrogen) atoms. The number of hydrogen-bond acceptors (Lipinski definition) is 4. The second-order valence-corrected chi connectivity index (χ2v) is 7.22. The minimum absolute atomic E-state index is 0.184. The quantitative estimate of drug-likeness (QED) is 0.801. The summed E-state index contributed by atoms with van der Waals surface area (Å²) in [6, 6.07) is 10.5. The largest absolute Gasteiger partial charge is 0.494 e. The van der Waals surface area contributed by atoms with Gasteiger partial charge in [-0.25, -0.2) is 0 Å². The first-order valence-corrected chi connectivity index (χ1v) is 8.67. The van der Waals surface area contributed by atoms with E-state index in [2.05, 4.69) is 51.5 Å². The van der Waals surface area contributed by atoms with E-state index in [-0.39, 0.29) is 6.04 Å². The average Bonchev–Trinajstić information content (AvgIpc) is 2.86. The topological polar surface area (TPSA) is 38.5 Å². The monoisotopic (exact) mass is 368 g/mol. The van der Waals surface area contributed by atoms with Crippen LogP contribution in [-0.4, -0.2) is 25.1 Å². The normalized spacial score (nSPS) is 12.6. The highest BCUT2D eigenvalue weighted by atomic mass is 79.9. The van der Waals surface area contributed by atoms with E-state index in [1.807, 2.05) is 19.1 Å². The van der Waals surface area contributed by atoms with Gasteiger partial charge in [0.25, 0.3) is 0 Å². The van der Waals surface area contributed by atoms with E-state index < -0.39 is 0 Å². The second-order valence-electron chi connectivity index (χ2n) is 4.93. The van der Waals surface area contributed by atoms with Crippen LogP contribution in [0.3, 0.4) is 0 Å². The average molecular weight is 369 g/mol. The molecule has 1 atom stereocenters. The summed E-state index contributed by atoms with van der Waals surface area (Å²) in [5, 5.41) is 2.17. The summed E-state index contributed by atoms with van der Waals surface area (Å²) in [5.41, 5.74) is 8.49. The first-order chi connectivity index (χ1) is 10.1. The summed E-state index contributed by atoms with van der Waals surface area (Å²) in [7, 11) is 2.11. The molecule has 1 aromatic carbocycles. The number of nitrogens with two attached hydrogens (primary N) is 1. The van der Waals surface area contributed by atoms with Crippen LogP contribution in [-0.2, 0) is 6.54 Å². The van der Waals surface area contributed by atoms with Crippen molar-refractivity contribution in [3.05, 3.63) is 50.6 Å². The number of benzene rings is 1. The predicted molar refractivity (Wildman–Crippen MR) is 92.9 cm³/mol. The number of hydrogen-bond donors (Lipinski definition) is 1. The van der Waals surface area contributed by atoms with Crippen LogP contribution in [0.1, 0.15) is 24.1 Å². The molecule has 0 radical (unpaired) electrons. The smallest absolute Gasteiger partial charge is 0.119 e. The Kier molecular flexibility index (Phi) is 6.23. The summed E-state index contributed by atoms with van der Waals surface area (Å²) in [4.78, 5) is 2.28. The van der Waals surface area contributed by atoms with Crippen LogP contribution in [0.15, 0.2) is 39.5 Å². The summed E-state index contributed by atoms with van der Waals surface area (Å²) in [6.45, 7) is 4.13. The third-order valence-electron chi connectivity index (χ3n) is 3.36. The maximum absolute atomic E-state index is 6.00. The zero-order valence-corrected chi connectivity index (χ0v) is 14.8. The fourth-order valence-corrected chi connectivity index (χ4v) is 3.58. The molecule has 0 saturated heterocycles. The number of thiophene rings is 1. The van der Waals surface area contributed by atoms with Gasteiger partial charge in [0.05, 0.1) is 10.4 Å². The molecule has 1 heterocycles. The Hall–Kier alpha value is -0.880. The number of likely N-dealkylation sites (N-methyl/N-ethyl adjacent to an activating group) is 1. The SMILES string of the molecule is CCOc1cccc(C(CN)N(C)Cc2csc(Br)c2)c1. The van der Waals surface area contributed by atoms with Crippen LogP contribution in [0.2, 0.25) is 0 Å². The lowest BCUT2D eigenvalue weighted by Gasteiger charge is -2.27. The zero-order valence-electron chi connectivity index (χ0n) is 12.4. The molecule has 2 aromatic rings. The van der Waals surface area contributed by atoms with E-state index in [9.17, 15) is 0 Å². The van der Waals surface area contributed by atoms with Gasteiger partial charge in [-0.15, -0.1) is 11.3 Å². The minimum atomic E-state index is 0.184. The zero-order chi connectivity index (χ0) is 15.2. The molecule has 1 unspecified atom stereocenters. The van der Waals surface area contributed by atoms with Gasteiger partial charge in [-0.2, -0.15) is 0 Å². The van der Waals surface area contributed by atoms with E-state index in [1.54, 1.807) is 11.3 Å². The molecule has 1 aromatic heterocycles. The standard InChI is InChI=1S/C16H21BrN2OS/c1-3-20-14-6-4-5-13(8-14)15(9-18)19(2)10-12-7-16(17)21-11-12/h4-8,11,15H,3,9-10,18H2,1-2H3. The number of halogens is 1. The van der Waals surface area contributed by atoms with Gasteiger partial charge in [0.15, 0.2) is 0 Å². The molecule has 0 amide bonds. The number of ether oxygens (including phenoxy) is 1. The van der Waals surface area contributed by atoms with Crippen molar-refractivity contribution in [3.63, 3.8) is 0 Å². The molecule has 0 spiro atoms. The van der Waals surface area contributed by atoms with Crippen molar-refractivity contribution in [2.24, 2.45) is 5.73 Å². The Morgan fingerprint density at radius 1 is 1.38 bits per heavy atom. The van der Waals surface area contributed by atoms with Crippen molar-refractivity contribution in [1.82, 2.24) is 4.90 Å². The summed E-state index contributed by atoms with van der Waals surface area (Å²) >= 11 is 5.22. The van der Waals surface area contributed by atoms with Crippen LogP contribution >= 0.6 is 27.3 Å². The third-order valence-corrected chi connectivity index (χ3v) is 4.92. The van der Waals surface area contributed by atoms with Gasteiger partial charge in [0.1, 0.15) is 5.75 Å². The van der Waals surface area contributed by atoms with Gasteiger partial charge in [-0.05, 0) is 64.6 Å². The van der Waals surface area contributed by atoms with Crippen molar-refractivity contribution >= 4 is 27.3 Å². The fourth-order valence-electron chi connectivity index (χ4n) is 2.38. The molecule has 0 fully saturated rings. The second kappa shape index (κ2) is 7.94. The summed E-state index contributed by atoms with van der Waals surface area (Å²) in [5.74, 6) is 0.903. The fraction of sp³-hybridized carbons (Fsp3) is 0.375. The predicted octanol–water partition coefficient (Wildman–Crippen LogP) is 4.04. The van der Waals surface area contributed by atoms with Crippen LogP contribution < -0.4 is 10.5 Å². The Balaban J connectivity index is 2.12. The number of rotatable bonds is 7. The highest BCUT2D eigenvalue weighted by Gasteiger charge is 2.16. The van der Waals surface area contributed by atoms with Crippen LogP contribution in [0.5, 0.6) is 5.75 Å². The molecular weight excluding hydrogens is 348 g/mol. The molecule has 2 rings (SSSR count). The van der Waals surface area contributed by atoms with Crippen LogP contribution in [0.25, 0.3) is 0 Å². The van der Waals surface area contributed by atoms with E-state index >= 15 is 0 Å². The lowest BCUT2D eigenvalue weighted by molar-refractivity contribution is 0.241. The van der Waals surface area contributed by atoms with Crippen molar-refractivity contribution in [1.29, 1.82) is 0 Å². The Morgan fingerprint density at radius 3 is 2.81 bits per heavy atom. The summed E-state index contributed by atoms with van der Waals surface area (Å²) < 4.78 is 6.74. The Bertz CT molecular complexity index is 573. The molecule has 0 bridgehead atoms.